The Morgan fingerprint density at radius 3 is 2.53 bits per heavy atom. The minimum atomic E-state index is -0.163. The Hall–Kier alpha value is -2.31. The molecule has 2 aromatic carbocycles. The third-order valence-corrected chi connectivity index (χ3v) is 6.28. The summed E-state index contributed by atoms with van der Waals surface area (Å²) in [6, 6.07) is 14.9. The van der Waals surface area contributed by atoms with Crippen LogP contribution in [0.25, 0.3) is 0 Å². The van der Waals surface area contributed by atoms with Crippen LogP contribution < -0.4 is 5.32 Å². The zero-order valence-electron chi connectivity index (χ0n) is 17.2. The van der Waals surface area contributed by atoms with Crippen LogP contribution in [-0.2, 0) is 4.79 Å². The molecule has 5 nitrogen and oxygen atoms in total. The third-order valence-electron chi connectivity index (χ3n) is 4.93. The Kier molecular flexibility index (Phi) is 7.94. The number of carbonyl (C=O) groups excluding carboxylic acids is 2. The predicted molar refractivity (Wildman–Crippen MR) is 125 cm³/mol. The van der Waals surface area contributed by atoms with Gasteiger partial charge < -0.3 is 5.32 Å². The van der Waals surface area contributed by atoms with E-state index in [2.05, 4.69) is 12.2 Å². The van der Waals surface area contributed by atoms with Crippen LogP contribution in [0.3, 0.4) is 0 Å². The van der Waals surface area contributed by atoms with Crippen molar-refractivity contribution in [3.8, 4) is 0 Å². The number of aryl methyl sites for hydroxylation is 1. The van der Waals surface area contributed by atoms with Gasteiger partial charge in [0.1, 0.15) is 0 Å². The lowest BCUT2D eigenvalue weighted by Gasteiger charge is -2.23. The van der Waals surface area contributed by atoms with Crippen molar-refractivity contribution in [1.82, 2.24) is 10.2 Å². The highest BCUT2D eigenvalue weighted by molar-refractivity contribution is 8.14. The van der Waals surface area contributed by atoms with Crippen molar-refractivity contribution in [2.24, 2.45) is 4.99 Å². The molecule has 1 saturated heterocycles. The Balaban J connectivity index is 1.55. The minimum absolute atomic E-state index is 0.0541. The number of carbonyl (C=O) groups is 2. The highest BCUT2D eigenvalue weighted by atomic mass is 35.5. The molecule has 30 heavy (non-hydrogen) atoms. The van der Waals surface area contributed by atoms with E-state index in [1.54, 1.807) is 36.0 Å². The SMILES string of the molecule is CCC1CSC(=Nc2ccc(C)cc2)N1C(=O)CCCNC(=O)c1ccc(Cl)cc1. The van der Waals surface area contributed by atoms with Gasteiger partial charge >= 0.3 is 0 Å². The first kappa shape index (κ1) is 22.4. The van der Waals surface area contributed by atoms with E-state index in [4.69, 9.17) is 16.6 Å². The number of benzene rings is 2. The molecule has 7 heteroatoms. The number of amidine groups is 1. The number of aliphatic imine (C=N–C) groups is 1. The maximum atomic E-state index is 12.9. The van der Waals surface area contributed by atoms with Gasteiger partial charge in [0.05, 0.1) is 5.69 Å². The van der Waals surface area contributed by atoms with Crippen molar-refractivity contribution < 1.29 is 9.59 Å². The van der Waals surface area contributed by atoms with E-state index in [1.165, 1.54) is 5.56 Å². The lowest BCUT2D eigenvalue weighted by Crippen LogP contribution is -2.39. The number of thioether (sulfide) groups is 1. The number of nitrogens with zero attached hydrogens (tertiary/aromatic N) is 2. The molecule has 1 aliphatic heterocycles. The summed E-state index contributed by atoms with van der Waals surface area (Å²) in [6.45, 7) is 4.57. The summed E-state index contributed by atoms with van der Waals surface area (Å²) >= 11 is 7.48. The second-order valence-electron chi connectivity index (χ2n) is 7.23. The van der Waals surface area contributed by atoms with E-state index in [1.807, 2.05) is 36.1 Å². The number of amides is 2. The molecule has 0 radical (unpaired) electrons. The molecule has 0 aliphatic carbocycles. The van der Waals surface area contributed by atoms with Gasteiger partial charge in [0.15, 0.2) is 5.17 Å². The maximum absolute atomic E-state index is 12.9. The Morgan fingerprint density at radius 2 is 1.87 bits per heavy atom. The second-order valence-corrected chi connectivity index (χ2v) is 8.66. The van der Waals surface area contributed by atoms with E-state index in [-0.39, 0.29) is 17.9 Å². The van der Waals surface area contributed by atoms with Crippen LogP contribution >= 0.6 is 23.4 Å². The summed E-state index contributed by atoms with van der Waals surface area (Å²) in [5.41, 5.74) is 2.59. The van der Waals surface area contributed by atoms with Gasteiger partial charge in [-0.3, -0.25) is 14.5 Å². The quantitative estimate of drug-likeness (QED) is 0.598. The van der Waals surface area contributed by atoms with Crippen LogP contribution in [0.4, 0.5) is 5.69 Å². The Labute approximate surface area is 186 Å². The standard InChI is InChI=1S/C23H26ClN3O2S/c1-3-20-15-30-23(26-19-12-6-16(2)7-13-19)27(20)21(28)5-4-14-25-22(29)17-8-10-18(24)11-9-17/h6-13,20H,3-5,14-15H2,1-2H3,(H,25,29). The van der Waals surface area contributed by atoms with Crippen molar-refractivity contribution in [3.63, 3.8) is 0 Å². The van der Waals surface area contributed by atoms with Crippen LogP contribution in [0, 0.1) is 6.92 Å². The minimum Gasteiger partial charge on any atom is -0.352 e. The summed E-state index contributed by atoms with van der Waals surface area (Å²) in [5, 5.41) is 4.21. The molecule has 0 spiro atoms. The number of hydrogen-bond acceptors (Lipinski definition) is 4. The second kappa shape index (κ2) is 10.6. The predicted octanol–water partition coefficient (Wildman–Crippen LogP) is 5.20. The molecule has 1 unspecified atom stereocenters. The van der Waals surface area contributed by atoms with Gasteiger partial charge in [-0.05, 0) is 56.2 Å². The summed E-state index contributed by atoms with van der Waals surface area (Å²) in [7, 11) is 0. The van der Waals surface area contributed by atoms with E-state index in [9.17, 15) is 9.59 Å². The third kappa shape index (κ3) is 5.86. The summed E-state index contributed by atoms with van der Waals surface area (Å²) in [5.74, 6) is 0.752. The molecule has 1 atom stereocenters. The number of hydrogen-bond donors (Lipinski definition) is 1. The van der Waals surface area contributed by atoms with Gasteiger partial charge in [0.25, 0.3) is 5.91 Å². The molecule has 1 N–H and O–H groups in total. The lowest BCUT2D eigenvalue weighted by atomic mass is 10.2. The average molecular weight is 444 g/mol. The normalized spacial score (nSPS) is 17.4. The fourth-order valence-electron chi connectivity index (χ4n) is 3.16. The molecule has 0 bridgehead atoms. The molecular formula is C23H26ClN3O2S. The van der Waals surface area contributed by atoms with Crippen LogP contribution in [0.2, 0.25) is 5.02 Å². The van der Waals surface area contributed by atoms with E-state index < -0.39 is 0 Å². The van der Waals surface area contributed by atoms with Gasteiger partial charge in [-0.2, -0.15) is 0 Å². The first-order valence-electron chi connectivity index (χ1n) is 10.1. The molecule has 0 aromatic heterocycles. The van der Waals surface area contributed by atoms with E-state index in [0.29, 0.717) is 30.0 Å². The van der Waals surface area contributed by atoms with Crippen LogP contribution in [0.5, 0.6) is 0 Å². The number of halogens is 1. The monoisotopic (exact) mass is 443 g/mol. The van der Waals surface area contributed by atoms with Gasteiger partial charge in [-0.1, -0.05) is 48.0 Å². The first-order valence-corrected chi connectivity index (χ1v) is 11.5. The molecule has 0 saturated carbocycles. The fraction of sp³-hybridized carbons (Fsp3) is 0.348. The largest absolute Gasteiger partial charge is 0.352 e. The molecule has 2 aromatic rings. The summed E-state index contributed by atoms with van der Waals surface area (Å²) in [6.07, 6.45) is 1.83. The van der Waals surface area contributed by atoms with Crippen LogP contribution in [0.15, 0.2) is 53.5 Å². The fourth-order valence-corrected chi connectivity index (χ4v) is 4.58. The lowest BCUT2D eigenvalue weighted by molar-refractivity contribution is -0.128. The van der Waals surface area contributed by atoms with Crippen molar-refractivity contribution >= 4 is 46.0 Å². The molecule has 1 aliphatic rings. The molecule has 158 valence electrons. The maximum Gasteiger partial charge on any atom is 0.251 e. The summed E-state index contributed by atoms with van der Waals surface area (Å²) in [4.78, 5) is 31.6. The Bertz CT molecular complexity index is 913. The van der Waals surface area contributed by atoms with Crippen LogP contribution in [-0.4, -0.2) is 40.2 Å². The van der Waals surface area contributed by atoms with E-state index >= 15 is 0 Å². The van der Waals surface area contributed by atoms with Gasteiger partial charge in [0, 0.05) is 35.3 Å². The zero-order chi connectivity index (χ0) is 21.5. The van der Waals surface area contributed by atoms with Gasteiger partial charge in [0.2, 0.25) is 5.91 Å². The van der Waals surface area contributed by atoms with Gasteiger partial charge in [-0.25, -0.2) is 4.99 Å². The van der Waals surface area contributed by atoms with Crippen molar-refractivity contribution in [2.45, 2.75) is 39.2 Å². The first-order chi connectivity index (χ1) is 14.5. The molecule has 3 rings (SSSR count). The van der Waals surface area contributed by atoms with Crippen LogP contribution in [0.1, 0.15) is 42.1 Å². The highest BCUT2D eigenvalue weighted by Gasteiger charge is 2.33. The van der Waals surface area contributed by atoms with E-state index in [0.717, 1.165) is 23.0 Å². The van der Waals surface area contributed by atoms with Crippen molar-refractivity contribution in [1.29, 1.82) is 0 Å². The van der Waals surface area contributed by atoms with Gasteiger partial charge in [-0.15, -0.1) is 0 Å². The molecular weight excluding hydrogens is 418 g/mol. The number of nitrogens with one attached hydrogen (secondary N) is 1. The Morgan fingerprint density at radius 1 is 1.17 bits per heavy atom. The molecule has 1 heterocycles. The number of rotatable bonds is 7. The highest BCUT2D eigenvalue weighted by Crippen LogP contribution is 2.29. The smallest absolute Gasteiger partial charge is 0.251 e. The van der Waals surface area contributed by atoms with Crippen molar-refractivity contribution in [3.05, 3.63) is 64.7 Å². The molecule has 2 amide bonds. The summed E-state index contributed by atoms with van der Waals surface area (Å²) < 4.78 is 0. The molecule has 1 fully saturated rings. The topological polar surface area (TPSA) is 61.8 Å². The van der Waals surface area contributed by atoms with Crippen molar-refractivity contribution in [2.75, 3.05) is 12.3 Å². The average Bonchev–Trinajstić information content (AvgIpc) is 3.15. The zero-order valence-corrected chi connectivity index (χ0v) is 18.8.